The van der Waals surface area contributed by atoms with Crippen LogP contribution in [0, 0.1) is 27.7 Å². The first-order valence-electron chi connectivity index (χ1n) is 12.1. The number of nitrogens with zero attached hydrogens (tertiary/aromatic N) is 1. The minimum Gasteiger partial charge on any atom is -0.464 e. The van der Waals surface area contributed by atoms with Crippen LogP contribution < -0.4 is 10.7 Å². The maximum atomic E-state index is 13.0. The van der Waals surface area contributed by atoms with Gasteiger partial charge in [0.15, 0.2) is 5.76 Å². The maximum Gasteiger partial charge on any atom is 0.291 e. The minimum absolute atomic E-state index is 0.160. The zero-order valence-electron chi connectivity index (χ0n) is 21.0. The Labute approximate surface area is 209 Å². The Morgan fingerprint density at radius 1 is 0.972 bits per heavy atom. The van der Waals surface area contributed by atoms with E-state index in [1.807, 2.05) is 64.1 Å². The van der Waals surface area contributed by atoms with Crippen LogP contribution in [0.5, 0.6) is 0 Å². The number of aryl methyl sites for hydroxylation is 4. The van der Waals surface area contributed by atoms with E-state index in [0.29, 0.717) is 6.42 Å². The van der Waals surface area contributed by atoms with Gasteiger partial charge in [-0.15, -0.1) is 0 Å². The first-order chi connectivity index (χ1) is 17.3. The molecule has 0 saturated carbocycles. The van der Waals surface area contributed by atoms with Gasteiger partial charge < -0.3 is 14.2 Å². The molecule has 36 heavy (non-hydrogen) atoms. The molecule has 0 unspecified atom stereocenters. The molecular weight excluding hydrogens is 454 g/mol. The van der Waals surface area contributed by atoms with Crippen LogP contribution >= 0.6 is 0 Å². The van der Waals surface area contributed by atoms with Crippen LogP contribution in [-0.4, -0.2) is 17.5 Å². The van der Waals surface area contributed by atoms with Gasteiger partial charge in [0.25, 0.3) is 5.91 Å². The molecule has 2 aromatic heterocycles. The summed E-state index contributed by atoms with van der Waals surface area (Å²) < 4.78 is 11.7. The summed E-state index contributed by atoms with van der Waals surface area (Å²) in [5, 5.41) is 8.32. The van der Waals surface area contributed by atoms with Crippen molar-refractivity contribution in [1.29, 1.82) is 0 Å². The fraction of sp³-hybridized carbons (Fsp3) is 0.276. The van der Waals surface area contributed by atoms with Crippen LogP contribution in [0.25, 0.3) is 11.0 Å². The van der Waals surface area contributed by atoms with Gasteiger partial charge in [0, 0.05) is 34.2 Å². The van der Waals surface area contributed by atoms with Crippen LogP contribution in [0.4, 0.5) is 5.69 Å². The van der Waals surface area contributed by atoms with Gasteiger partial charge in [-0.3, -0.25) is 9.59 Å². The van der Waals surface area contributed by atoms with E-state index in [4.69, 9.17) is 8.83 Å². The number of amides is 2. The van der Waals surface area contributed by atoms with Crippen molar-refractivity contribution >= 4 is 34.2 Å². The lowest BCUT2D eigenvalue weighted by molar-refractivity contribution is -0.120. The monoisotopic (exact) mass is 483 g/mol. The van der Waals surface area contributed by atoms with E-state index in [2.05, 4.69) is 15.8 Å². The van der Waals surface area contributed by atoms with Crippen molar-refractivity contribution in [2.75, 3.05) is 5.32 Å². The Kier molecular flexibility index (Phi) is 6.22. The van der Waals surface area contributed by atoms with Crippen molar-refractivity contribution in [3.63, 3.8) is 0 Å². The number of hydrazone groups is 1. The highest BCUT2D eigenvalue weighted by atomic mass is 16.4. The summed E-state index contributed by atoms with van der Waals surface area (Å²) in [4.78, 5) is 25.7. The smallest absolute Gasteiger partial charge is 0.291 e. The number of fused-ring (bicyclic) bond motifs is 2. The highest BCUT2D eigenvalue weighted by molar-refractivity contribution is 6.09. The minimum atomic E-state index is -0.294. The molecule has 0 radical (unpaired) electrons. The molecule has 2 N–H and O–H groups in total. The SMILES string of the molecule is Cc1ccccc1NC(=O)c1oc2c(c1C)/C(=N/NC(=O)Cc1coc3c(C)c(C)ccc13)CCC2. The summed E-state index contributed by atoms with van der Waals surface area (Å²) in [5.41, 5.74) is 10.6. The molecule has 0 bridgehead atoms. The van der Waals surface area contributed by atoms with E-state index in [-0.39, 0.29) is 24.0 Å². The number of benzene rings is 2. The number of para-hydroxylation sites is 1. The van der Waals surface area contributed by atoms with Crippen LogP contribution in [0.15, 0.2) is 56.6 Å². The predicted molar refractivity (Wildman–Crippen MR) is 140 cm³/mol. The number of rotatable bonds is 5. The quantitative estimate of drug-likeness (QED) is 0.345. The number of hydrogen-bond donors (Lipinski definition) is 2. The molecule has 0 fully saturated rings. The van der Waals surface area contributed by atoms with Crippen molar-refractivity contribution in [3.8, 4) is 0 Å². The van der Waals surface area contributed by atoms with Gasteiger partial charge in [-0.2, -0.15) is 5.10 Å². The molecule has 2 amide bonds. The molecular formula is C29H29N3O4. The predicted octanol–water partition coefficient (Wildman–Crippen LogP) is 5.91. The molecule has 0 saturated heterocycles. The van der Waals surface area contributed by atoms with E-state index in [1.54, 1.807) is 6.26 Å². The lowest BCUT2D eigenvalue weighted by Gasteiger charge is -2.13. The number of carbonyl (C=O) groups excluding carboxylic acids is 2. The van der Waals surface area contributed by atoms with E-state index >= 15 is 0 Å². The number of nitrogens with one attached hydrogen (secondary N) is 2. The van der Waals surface area contributed by atoms with Crippen LogP contribution in [-0.2, 0) is 17.6 Å². The largest absolute Gasteiger partial charge is 0.464 e. The average molecular weight is 484 g/mol. The molecule has 2 heterocycles. The van der Waals surface area contributed by atoms with Gasteiger partial charge in [-0.1, -0.05) is 30.3 Å². The van der Waals surface area contributed by atoms with Crippen molar-refractivity contribution in [2.24, 2.45) is 5.10 Å². The molecule has 1 aliphatic rings. The molecule has 4 aromatic rings. The molecule has 0 spiro atoms. The van der Waals surface area contributed by atoms with Crippen LogP contribution in [0.3, 0.4) is 0 Å². The first-order valence-corrected chi connectivity index (χ1v) is 12.1. The molecule has 1 aliphatic carbocycles. The van der Waals surface area contributed by atoms with Gasteiger partial charge in [-0.25, -0.2) is 5.43 Å². The van der Waals surface area contributed by atoms with E-state index in [9.17, 15) is 9.59 Å². The van der Waals surface area contributed by atoms with Crippen LogP contribution in [0.2, 0.25) is 0 Å². The molecule has 0 aliphatic heterocycles. The molecule has 5 rings (SSSR count). The Morgan fingerprint density at radius 2 is 1.78 bits per heavy atom. The second-order valence-corrected chi connectivity index (χ2v) is 9.39. The second kappa shape index (κ2) is 9.49. The van der Waals surface area contributed by atoms with Crippen molar-refractivity contribution in [1.82, 2.24) is 5.43 Å². The third-order valence-electron chi connectivity index (χ3n) is 6.93. The third kappa shape index (κ3) is 4.33. The topological polar surface area (TPSA) is 96.8 Å². The Balaban J connectivity index is 1.34. The Morgan fingerprint density at radius 3 is 2.58 bits per heavy atom. The van der Waals surface area contributed by atoms with Gasteiger partial charge in [-0.05, 0) is 63.3 Å². The Bertz CT molecular complexity index is 1520. The lowest BCUT2D eigenvalue weighted by atomic mass is 9.93. The molecule has 2 aromatic carbocycles. The highest BCUT2D eigenvalue weighted by Gasteiger charge is 2.28. The summed E-state index contributed by atoms with van der Waals surface area (Å²) in [5.74, 6) is 0.485. The molecule has 184 valence electrons. The van der Waals surface area contributed by atoms with Crippen LogP contribution in [0.1, 0.15) is 62.5 Å². The highest BCUT2D eigenvalue weighted by Crippen LogP contribution is 2.31. The maximum absolute atomic E-state index is 13.0. The molecule has 0 atom stereocenters. The Hall–Kier alpha value is -4.13. The fourth-order valence-electron chi connectivity index (χ4n) is 4.76. The number of furan rings is 2. The van der Waals surface area contributed by atoms with E-state index in [1.165, 1.54) is 0 Å². The van der Waals surface area contributed by atoms with E-state index < -0.39 is 0 Å². The summed E-state index contributed by atoms with van der Waals surface area (Å²) >= 11 is 0. The van der Waals surface area contributed by atoms with Gasteiger partial charge in [0.2, 0.25) is 5.91 Å². The summed E-state index contributed by atoms with van der Waals surface area (Å²) in [6, 6.07) is 11.6. The van der Waals surface area contributed by atoms with Gasteiger partial charge in [0.1, 0.15) is 11.3 Å². The normalized spacial score (nSPS) is 14.2. The van der Waals surface area contributed by atoms with E-state index in [0.717, 1.165) is 74.4 Å². The average Bonchev–Trinajstić information content (AvgIpc) is 3.43. The number of hydrogen-bond acceptors (Lipinski definition) is 5. The zero-order valence-corrected chi connectivity index (χ0v) is 21.0. The second-order valence-electron chi connectivity index (χ2n) is 9.39. The van der Waals surface area contributed by atoms with Gasteiger partial charge in [0.05, 0.1) is 18.4 Å². The molecule has 7 heteroatoms. The summed E-state index contributed by atoms with van der Waals surface area (Å²) in [6.45, 7) is 7.85. The fourth-order valence-corrected chi connectivity index (χ4v) is 4.76. The van der Waals surface area contributed by atoms with Crippen molar-refractivity contribution in [2.45, 2.75) is 53.4 Å². The first kappa shape index (κ1) is 23.6. The summed E-state index contributed by atoms with van der Waals surface area (Å²) in [6.07, 6.45) is 4.05. The van der Waals surface area contributed by atoms with Gasteiger partial charge >= 0.3 is 0 Å². The number of anilines is 1. The lowest BCUT2D eigenvalue weighted by Crippen LogP contribution is -2.23. The van der Waals surface area contributed by atoms with Crippen molar-refractivity contribution < 1.29 is 18.4 Å². The zero-order chi connectivity index (χ0) is 25.4. The number of carbonyl (C=O) groups is 2. The molecule has 7 nitrogen and oxygen atoms in total. The third-order valence-corrected chi connectivity index (χ3v) is 6.93. The standard InChI is InChI=1S/C29H29N3O4/c1-16-12-13-21-20(15-35-27(21)18(16)3)14-25(33)32-31-23-10-7-11-24-26(23)19(4)28(36-24)29(34)30-22-9-6-5-8-17(22)2/h5-6,8-9,12-13,15H,7,10-11,14H2,1-4H3,(H,30,34)(H,32,33)/b31-23+. The summed E-state index contributed by atoms with van der Waals surface area (Å²) in [7, 11) is 0. The van der Waals surface area contributed by atoms with Crippen molar-refractivity contribution in [3.05, 3.63) is 87.6 Å².